The predicted molar refractivity (Wildman–Crippen MR) is 84.6 cm³/mol. The Morgan fingerprint density at radius 3 is 2.67 bits per heavy atom. The van der Waals surface area contributed by atoms with Crippen LogP contribution in [0.15, 0.2) is 23.8 Å². The van der Waals surface area contributed by atoms with Gasteiger partial charge in [0.2, 0.25) is 0 Å². The van der Waals surface area contributed by atoms with Crippen molar-refractivity contribution >= 4 is 18.0 Å². The molecular formula is C16H18N2O6. The Kier molecular flexibility index (Phi) is 7.81. The third-order valence-corrected chi connectivity index (χ3v) is 2.81. The molecule has 0 bridgehead atoms. The summed E-state index contributed by atoms with van der Waals surface area (Å²) in [6.07, 6.45) is 1.39. The minimum absolute atomic E-state index is 0.0765. The van der Waals surface area contributed by atoms with Crippen molar-refractivity contribution in [3.05, 3.63) is 29.3 Å². The first-order valence-electron chi connectivity index (χ1n) is 6.93. The van der Waals surface area contributed by atoms with E-state index in [0.29, 0.717) is 24.5 Å². The zero-order chi connectivity index (χ0) is 17.9. The Balaban J connectivity index is 2.93. The van der Waals surface area contributed by atoms with E-state index in [-0.39, 0.29) is 11.3 Å². The Morgan fingerprint density at radius 1 is 1.33 bits per heavy atom. The summed E-state index contributed by atoms with van der Waals surface area (Å²) in [5.41, 5.74) is 0.459. The molecule has 1 rings (SSSR count). The van der Waals surface area contributed by atoms with Crippen molar-refractivity contribution in [2.75, 3.05) is 34.0 Å². The number of carbonyl (C=O) groups excluding carboxylic acids is 1. The lowest BCUT2D eigenvalue weighted by Crippen LogP contribution is -2.27. The summed E-state index contributed by atoms with van der Waals surface area (Å²) < 4.78 is 15.0. The highest BCUT2D eigenvalue weighted by molar-refractivity contribution is 6.01. The molecule has 1 amide bonds. The number of ether oxygens (including phenoxy) is 3. The molecule has 0 heterocycles. The van der Waals surface area contributed by atoms with Gasteiger partial charge in [-0.05, 0) is 23.8 Å². The molecule has 0 atom stereocenters. The van der Waals surface area contributed by atoms with E-state index >= 15 is 0 Å². The summed E-state index contributed by atoms with van der Waals surface area (Å²) in [7, 11) is 2.91. The van der Waals surface area contributed by atoms with Crippen molar-refractivity contribution in [3.8, 4) is 17.6 Å². The van der Waals surface area contributed by atoms with Crippen LogP contribution in [0.25, 0.3) is 6.08 Å². The van der Waals surface area contributed by atoms with Gasteiger partial charge in [-0.15, -0.1) is 0 Å². The molecule has 8 heteroatoms. The predicted octanol–water partition coefficient (Wildman–Crippen LogP) is 0.828. The minimum atomic E-state index is -1.11. The van der Waals surface area contributed by atoms with Crippen LogP contribution < -0.4 is 14.8 Å². The van der Waals surface area contributed by atoms with Gasteiger partial charge in [-0.25, -0.2) is 4.79 Å². The van der Waals surface area contributed by atoms with Crippen LogP contribution in [-0.4, -0.2) is 51.0 Å². The second-order valence-corrected chi connectivity index (χ2v) is 4.51. The number of carboxylic acid groups (broad SMARTS) is 1. The lowest BCUT2D eigenvalue weighted by atomic mass is 10.1. The van der Waals surface area contributed by atoms with Crippen molar-refractivity contribution in [1.29, 1.82) is 5.26 Å². The third-order valence-electron chi connectivity index (χ3n) is 2.81. The number of carbonyl (C=O) groups is 2. The number of hydrogen-bond acceptors (Lipinski definition) is 6. The quantitative estimate of drug-likeness (QED) is 0.390. The Morgan fingerprint density at radius 2 is 2.08 bits per heavy atom. The van der Waals surface area contributed by atoms with E-state index in [1.807, 2.05) is 6.07 Å². The normalized spacial score (nSPS) is 10.6. The van der Waals surface area contributed by atoms with Crippen molar-refractivity contribution in [1.82, 2.24) is 5.32 Å². The summed E-state index contributed by atoms with van der Waals surface area (Å²) >= 11 is 0. The number of rotatable bonds is 9. The van der Waals surface area contributed by atoms with E-state index in [1.54, 1.807) is 6.07 Å². The average molecular weight is 334 g/mol. The third kappa shape index (κ3) is 5.98. The summed E-state index contributed by atoms with van der Waals surface area (Å²) in [5.74, 6) is -1.08. The highest BCUT2D eigenvalue weighted by Crippen LogP contribution is 2.28. The summed E-state index contributed by atoms with van der Waals surface area (Å²) in [4.78, 5) is 22.4. The highest BCUT2D eigenvalue weighted by Gasteiger charge is 2.11. The van der Waals surface area contributed by atoms with Crippen LogP contribution in [0.1, 0.15) is 5.56 Å². The number of carboxylic acids is 1. The first-order valence-corrected chi connectivity index (χ1v) is 6.93. The van der Waals surface area contributed by atoms with E-state index in [9.17, 15) is 9.59 Å². The Hall–Kier alpha value is -3.05. The van der Waals surface area contributed by atoms with Crippen LogP contribution in [-0.2, 0) is 14.3 Å². The summed E-state index contributed by atoms with van der Waals surface area (Å²) in [5, 5.41) is 20.3. The van der Waals surface area contributed by atoms with Gasteiger partial charge in [0.15, 0.2) is 18.1 Å². The van der Waals surface area contributed by atoms with Crippen LogP contribution >= 0.6 is 0 Å². The maximum Gasteiger partial charge on any atom is 0.341 e. The van der Waals surface area contributed by atoms with Crippen molar-refractivity contribution in [3.63, 3.8) is 0 Å². The number of aliphatic carboxylic acids is 1. The van der Waals surface area contributed by atoms with Gasteiger partial charge in [-0.1, -0.05) is 6.07 Å². The van der Waals surface area contributed by atoms with Gasteiger partial charge in [0, 0.05) is 13.7 Å². The van der Waals surface area contributed by atoms with Crippen molar-refractivity contribution < 1.29 is 28.9 Å². The molecule has 0 spiro atoms. The van der Waals surface area contributed by atoms with Gasteiger partial charge >= 0.3 is 5.97 Å². The largest absolute Gasteiger partial charge is 0.493 e. The minimum Gasteiger partial charge on any atom is -0.493 e. The molecule has 0 aliphatic rings. The van der Waals surface area contributed by atoms with Gasteiger partial charge in [-0.3, -0.25) is 4.79 Å². The lowest BCUT2D eigenvalue weighted by molar-refractivity contribution is -0.139. The first kappa shape index (κ1) is 19.0. The molecule has 24 heavy (non-hydrogen) atoms. The zero-order valence-electron chi connectivity index (χ0n) is 13.4. The fourth-order valence-corrected chi connectivity index (χ4v) is 1.71. The molecule has 0 saturated heterocycles. The molecule has 0 fully saturated rings. The van der Waals surface area contributed by atoms with Crippen molar-refractivity contribution in [2.45, 2.75) is 0 Å². The lowest BCUT2D eigenvalue weighted by Gasteiger charge is -2.10. The molecule has 8 nitrogen and oxygen atoms in total. The number of amides is 1. The molecule has 0 saturated carbocycles. The average Bonchev–Trinajstić information content (AvgIpc) is 2.58. The highest BCUT2D eigenvalue weighted by atomic mass is 16.5. The second kappa shape index (κ2) is 9.86. The molecule has 0 radical (unpaired) electrons. The van der Waals surface area contributed by atoms with E-state index in [4.69, 9.17) is 24.6 Å². The van der Waals surface area contributed by atoms with Crippen LogP contribution in [0.3, 0.4) is 0 Å². The molecule has 0 aromatic heterocycles. The molecular weight excluding hydrogens is 316 g/mol. The van der Waals surface area contributed by atoms with Gasteiger partial charge in [0.1, 0.15) is 11.6 Å². The fraction of sp³-hybridized carbons (Fsp3) is 0.312. The number of nitriles is 1. The van der Waals surface area contributed by atoms with Crippen LogP contribution in [0.2, 0.25) is 0 Å². The van der Waals surface area contributed by atoms with Gasteiger partial charge in [0.25, 0.3) is 5.91 Å². The second-order valence-electron chi connectivity index (χ2n) is 4.51. The summed E-state index contributed by atoms with van der Waals surface area (Å²) in [6, 6.07) is 6.45. The smallest absolute Gasteiger partial charge is 0.341 e. The number of nitrogens with one attached hydrogen (secondary N) is 1. The molecule has 0 unspecified atom stereocenters. The van der Waals surface area contributed by atoms with E-state index in [0.717, 1.165) is 0 Å². The molecule has 0 aliphatic heterocycles. The SMILES string of the molecule is COCCNC(=O)/C(C#N)=C/c1ccc(OCC(=O)O)c(OC)c1. The standard InChI is InChI=1S/C16H18N2O6/c1-22-6-5-18-16(21)12(9-17)7-11-3-4-13(14(8-11)23-2)24-10-15(19)20/h3-4,7-8H,5-6,10H2,1-2H3,(H,18,21)(H,19,20)/b12-7+. The van der Waals surface area contributed by atoms with Crippen LogP contribution in [0, 0.1) is 11.3 Å². The topological polar surface area (TPSA) is 118 Å². The number of methoxy groups -OCH3 is 2. The maximum atomic E-state index is 11.9. The van der Waals surface area contributed by atoms with Crippen LogP contribution in [0.4, 0.5) is 0 Å². The molecule has 128 valence electrons. The molecule has 1 aromatic carbocycles. The Bertz CT molecular complexity index is 663. The fourth-order valence-electron chi connectivity index (χ4n) is 1.71. The van der Waals surface area contributed by atoms with E-state index < -0.39 is 18.5 Å². The maximum absolute atomic E-state index is 11.9. The summed E-state index contributed by atoms with van der Waals surface area (Å²) in [6.45, 7) is 0.129. The number of benzene rings is 1. The number of hydrogen-bond donors (Lipinski definition) is 2. The molecule has 0 aliphatic carbocycles. The molecule has 2 N–H and O–H groups in total. The van der Waals surface area contributed by atoms with E-state index in [2.05, 4.69) is 5.32 Å². The Labute approximate surface area is 139 Å². The van der Waals surface area contributed by atoms with Gasteiger partial charge in [-0.2, -0.15) is 5.26 Å². The van der Waals surface area contributed by atoms with Gasteiger partial charge < -0.3 is 24.6 Å². The van der Waals surface area contributed by atoms with Gasteiger partial charge in [0.05, 0.1) is 13.7 Å². The number of nitrogens with zero attached hydrogens (tertiary/aromatic N) is 1. The van der Waals surface area contributed by atoms with Crippen LogP contribution in [0.5, 0.6) is 11.5 Å². The zero-order valence-corrected chi connectivity index (χ0v) is 13.4. The molecule has 1 aromatic rings. The van der Waals surface area contributed by atoms with E-state index in [1.165, 1.54) is 32.4 Å². The first-order chi connectivity index (χ1) is 11.5. The monoisotopic (exact) mass is 334 g/mol. The van der Waals surface area contributed by atoms with Crippen molar-refractivity contribution in [2.24, 2.45) is 0 Å².